The SMILES string of the molecule is O=C(CN(c1ccccc1)S(=O)(=O)c1ccccc1[N+](=O)[O-])N/N=C\c1ccc2c3c(cccc13)CC2. The zero-order valence-electron chi connectivity index (χ0n) is 19.6. The van der Waals surface area contributed by atoms with Gasteiger partial charge in [0.15, 0.2) is 4.90 Å². The second-order valence-electron chi connectivity index (χ2n) is 8.52. The third-order valence-corrected chi connectivity index (χ3v) is 8.09. The highest BCUT2D eigenvalue weighted by Crippen LogP contribution is 2.32. The average Bonchev–Trinajstić information content (AvgIpc) is 3.33. The van der Waals surface area contributed by atoms with Gasteiger partial charge in [0, 0.05) is 11.6 Å². The van der Waals surface area contributed by atoms with Crippen molar-refractivity contribution in [3.63, 3.8) is 0 Å². The molecule has 5 rings (SSSR count). The Hall–Kier alpha value is -4.57. The molecule has 0 spiro atoms. The molecule has 0 atom stereocenters. The summed E-state index contributed by atoms with van der Waals surface area (Å²) < 4.78 is 27.8. The molecule has 0 fully saturated rings. The first-order valence-electron chi connectivity index (χ1n) is 11.5. The van der Waals surface area contributed by atoms with Gasteiger partial charge < -0.3 is 0 Å². The standard InChI is InChI=1S/C27H22N4O5S/c32-26(29-28-17-21-16-15-20-14-13-19-7-6-10-23(21)27(19)20)18-30(22-8-2-1-3-9-22)37(35,36)25-12-5-4-11-24(25)31(33)34/h1-12,15-17H,13-14,18H2,(H,29,32)/b28-17-. The highest BCUT2D eigenvalue weighted by molar-refractivity contribution is 7.93. The van der Waals surface area contributed by atoms with E-state index >= 15 is 0 Å². The maximum Gasteiger partial charge on any atom is 0.289 e. The Morgan fingerprint density at radius 1 is 0.946 bits per heavy atom. The second-order valence-corrected chi connectivity index (χ2v) is 10.3. The highest BCUT2D eigenvalue weighted by Gasteiger charge is 2.33. The molecule has 9 nitrogen and oxygen atoms in total. The summed E-state index contributed by atoms with van der Waals surface area (Å²) in [5.74, 6) is -0.701. The number of nitrogens with one attached hydrogen (secondary N) is 1. The van der Waals surface area contributed by atoms with Crippen LogP contribution in [0.1, 0.15) is 16.7 Å². The summed E-state index contributed by atoms with van der Waals surface area (Å²) >= 11 is 0. The minimum absolute atomic E-state index is 0.187. The van der Waals surface area contributed by atoms with E-state index in [9.17, 15) is 23.3 Å². The maximum atomic E-state index is 13.5. The van der Waals surface area contributed by atoms with Crippen LogP contribution in [-0.4, -0.2) is 32.0 Å². The zero-order chi connectivity index (χ0) is 26.0. The summed E-state index contributed by atoms with van der Waals surface area (Å²) in [6.45, 7) is -0.625. The van der Waals surface area contributed by atoms with Gasteiger partial charge in [-0.25, -0.2) is 13.8 Å². The van der Waals surface area contributed by atoms with Crippen LogP contribution < -0.4 is 9.73 Å². The number of carbonyl (C=O) groups is 1. The lowest BCUT2D eigenvalue weighted by atomic mass is 10.0. The quantitative estimate of drug-likeness (QED) is 0.215. The van der Waals surface area contributed by atoms with Crippen LogP contribution >= 0.6 is 0 Å². The van der Waals surface area contributed by atoms with Gasteiger partial charge in [-0.15, -0.1) is 0 Å². The largest absolute Gasteiger partial charge is 0.289 e. The molecule has 186 valence electrons. The summed E-state index contributed by atoms with van der Waals surface area (Å²) in [5.41, 5.74) is 5.40. The molecule has 37 heavy (non-hydrogen) atoms. The van der Waals surface area contributed by atoms with Crippen molar-refractivity contribution >= 4 is 44.3 Å². The van der Waals surface area contributed by atoms with Crippen LogP contribution in [-0.2, 0) is 27.7 Å². The predicted octanol–water partition coefficient (Wildman–Crippen LogP) is 4.19. The Balaban J connectivity index is 1.41. The van der Waals surface area contributed by atoms with Gasteiger partial charge in [-0.3, -0.25) is 19.2 Å². The fraction of sp³-hybridized carbons (Fsp3) is 0.111. The number of aryl methyl sites for hydroxylation is 2. The van der Waals surface area contributed by atoms with Crippen molar-refractivity contribution in [2.75, 3.05) is 10.8 Å². The molecule has 10 heteroatoms. The first kappa shape index (κ1) is 24.1. The molecule has 4 aromatic rings. The highest BCUT2D eigenvalue weighted by atomic mass is 32.2. The Morgan fingerprint density at radius 2 is 1.65 bits per heavy atom. The van der Waals surface area contributed by atoms with Gasteiger partial charge >= 0.3 is 0 Å². The minimum atomic E-state index is -4.45. The molecule has 1 amide bonds. The molecule has 0 saturated carbocycles. The lowest BCUT2D eigenvalue weighted by molar-refractivity contribution is -0.387. The van der Waals surface area contributed by atoms with Crippen LogP contribution in [0.5, 0.6) is 0 Å². The fourth-order valence-electron chi connectivity index (χ4n) is 4.58. The molecule has 0 bridgehead atoms. The Kier molecular flexibility index (Phi) is 6.41. The van der Waals surface area contributed by atoms with Crippen LogP contribution in [0.4, 0.5) is 11.4 Å². The number of hydrogen-bond acceptors (Lipinski definition) is 6. The molecule has 0 saturated heterocycles. The number of nitrogens with zero attached hydrogens (tertiary/aromatic N) is 3. The molecule has 0 radical (unpaired) electrons. The number of para-hydroxylation sites is 2. The maximum absolute atomic E-state index is 13.5. The lowest BCUT2D eigenvalue weighted by Gasteiger charge is -2.23. The zero-order valence-corrected chi connectivity index (χ0v) is 20.4. The van der Waals surface area contributed by atoms with Crippen molar-refractivity contribution in [2.45, 2.75) is 17.7 Å². The predicted molar refractivity (Wildman–Crippen MR) is 141 cm³/mol. The number of sulfonamides is 1. The number of rotatable bonds is 8. The summed E-state index contributed by atoms with van der Waals surface area (Å²) in [7, 11) is -4.45. The number of carbonyl (C=O) groups excluding carboxylic acids is 1. The van der Waals surface area contributed by atoms with Gasteiger partial charge in [-0.2, -0.15) is 5.10 Å². The molecule has 0 unspecified atom stereocenters. The summed E-state index contributed by atoms with van der Waals surface area (Å²) in [5, 5.41) is 17.8. The third kappa shape index (κ3) is 4.66. The van der Waals surface area contributed by atoms with Crippen molar-refractivity contribution in [1.82, 2.24) is 5.43 Å². The fourth-order valence-corrected chi connectivity index (χ4v) is 6.16. The first-order valence-corrected chi connectivity index (χ1v) is 13.0. The van der Waals surface area contributed by atoms with Crippen LogP contribution in [0.15, 0.2) is 94.9 Å². The molecule has 1 aliphatic rings. The van der Waals surface area contributed by atoms with Crippen molar-refractivity contribution in [3.8, 4) is 0 Å². The van der Waals surface area contributed by atoms with Gasteiger partial charge in [0.05, 0.1) is 16.8 Å². The first-order chi connectivity index (χ1) is 17.9. The Morgan fingerprint density at radius 3 is 2.41 bits per heavy atom. The van der Waals surface area contributed by atoms with Gasteiger partial charge in [0.1, 0.15) is 6.54 Å². The van der Waals surface area contributed by atoms with Crippen LogP contribution in [0.2, 0.25) is 0 Å². The summed E-state index contributed by atoms with van der Waals surface area (Å²) in [4.78, 5) is 23.0. The number of nitro groups is 1. The second kappa shape index (κ2) is 9.82. The number of amides is 1. The minimum Gasteiger partial charge on any atom is -0.271 e. The molecule has 0 heterocycles. The molecule has 1 N–H and O–H groups in total. The van der Waals surface area contributed by atoms with Crippen molar-refractivity contribution < 1.29 is 18.1 Å². The molecule has 0 aromatic heterocycles. The van der Waals surface area contributed by atoms with Gasteiger partial charge in [0.25, 0.3) is 21.6 Å². The summed E-state index contributed by atoms with van der Waals surface area (Å²) in [6, 6.07) is 23.1. The Labute approximate surface area is 213 Å². The van der Waals surface area contributed by atoms with E-state index in [4.69, 9.17) is 0 Å². The topological polar surface area (TPSA) is 122 Å². The van der Waals surface area contributed by atoms with E-state index < -0.39 is 38.0 Å². The van der Waals surface area contributed by atoms with E-state index in [0.29, 0.717) is 0 Å². The van der Waals surface area contributed by atoms with E-state index in [0.717, 1.165) is 40.2 Å². The molecule has 4 aromatic carbocycles. The van der Waals surface area contributed by atoms with Gasteiger partial charge in [0.2, 0.25) is 0 Å². The van der Waals surface area contributed by atoms with Gasteiger partial charge in [-0.1, -0.05) is 60.7 Å². The number of anilines is 1. The molecule has 1 aliphatic carbocycles. The number of hydrogen-bond donors (Lipinski definition) is 1. The molecule has 0 aliphatic heterocycles. The molecular weight excluding hydrogens is 492 g/mol. The normalized spacial score (nSPS) is 12.6. The Bertz CT molecular complexity index is 1640. The van der Waals surface area contributed by atoms with E-state index in [-0.39, 0.29) is 5.69 Å². The van der Waals surface area contributed by atoms with Crippen LogP contribution in [0.25, 0.3) is 10.8 Å². The van der Waals surface area contributed by atoms with Crippen molar-refractivity contribution in [3.05, 3.63) is 112 Å². The van der Waals surface area contributed by atoms with E-state index in [1.165, 1.54) is 47.0 Å². The number of benzene rings is 4. The van der Waals surface area contributed by atoms with E-state index in [1.807, 2.05) is 18.2 Å². The molecular formula is C27H22N4O5S. The monoisotopic (exact) mass is 514 g/mol. The number of nitro benzene ring substituents is 1. The van der Waals surface area contributed by atoms with E-state index in [2.05, 4.69) is 22.7 Å². The van der Waals surface area contributed by atoms with E-state index in [1.54, 1.807) is 18.2 Å². The smallest absolute Gasteiger partial charge is 0.271 e. The van der Waals surface area contributed by atoms with Gasteiger partial charge in [-0.05, 0) is 52.9 Å². The number of hydrazone groups is 1. The van der Waals surface area contributed by atoms with Crippen LogP contribution in [0, 0.1) is 10.1 Å². The average molecular weight is 515 g/mol. The van der Waals surface area contributed by atoms with Crippen molar-refractivity contribution in [1.29, 1.82) is 0 Å². The summed E-state index contributed by atoms with van der Waals surface area (Å²) in [6.07, 6.45) is 3.52. The third-order valence-electron chi connectivity index (χ3n) is 6.26. The lowest BCUT2D eigenvalue weighted by Crippen LogP contribution is -2.39. The van der Waals surface area contributed by atoms with Crippen LogP contribution in [0.3, 0.4) is 0 Å². The van der Waals surface area contributed by atoms with Crippen molar-refractivity contribution in [2.24, 2.45) is 5.10 Å².